The van der Waals surface area contributed by atoms with Crippen LogP contribution in [0.15, 0.2) is 6.33 Å². The number of nitrogen functional groups attached to an aromatic ring is 1. The topological polar surface area (TPSA) is 103 Å². The van der Waals surface area contributed by atoms with E-state index in [-0.39, 0.29) is 30.3 Å². The monoisotopic (exact) mass is 253 g/mol. The Kier molecular flexibility index (Phi) is 3.45. The molecule has 2 heterocycles. The standard InChI is InChI=1S/C10H15N5O3/c1-18-9(17)7-2-3-14(4-7)8(16)5-15-6-12-10(11)13-15/h6-7H,2-5H2,1H3,(H2,11,13). The maximum Gasteiger partial charge on any atom is 0.310 e. The first-order valence-corrected chi connectivity index (χ1v) is 5.60. The number of anilines is 1. The summed E-state index contributed by atoms with van der Waals surface area (Å²) in [5.74, 6) is -0.460. The second kappa shape index (κ2) is 5.03. The largest absolute Gasteiger partial charge is 0.469 e. The average molecular weight is 253 g/mol. The number of hydrogen-bond donors (Lipinski definition) is 1. The summed E-state index contributed by atoms with van der Waals surface area (Å²) in [6, 6.07) is 0. The number of nitrogens with zero attached hydrogens (tertiary/aromatic N) is 4. The van der Waals surface area contributed by atoms with Crippen LogP contribution in [-0.4, -0.2) is 51.7 Å². The van der Waals surface area contributed by atoms with Crippen molar-refractivity contribution in [3.05, 3.63) is 6.33 Å². The van der Waals surface area contributed by atoms with Crippen LogP contribution in [0.1, 0.15) is 6.42 Å². The summed E-state index contributed by atoms with van der Waals surface area (Å²) < 4.78 is 6.04. The van der Waals surface area contributed by atoms with Gasteiger partial charge in [-0.25, -0.2) is 9.67 Å². The molecule has 0 aromatic carbocycles. The van der Waals surface area contributed by atoms with E-state index in [0.29, 0.717) is 19.5 Å². The van der Waals surface area contributed by atoms with Gasteiger partial charge >= 0.3 is 5.97 Å². The zero-order valence-corrected chi connectivity index (χ0v) is 10.1. The van der Waals surface area contributed by atoms with Crippen LogP contribution in [0.2, 0.25) is 0 Å². The van der Waals surface area contributed by atoms with E-state index in [9.17, 15) is 9.59 Å². The lowest BCUT2D eigenvalue weighted by Gasteiger charge is -2.15. The number of aromatic nitrogens is 3. The first-order valence-electron chi connectivity index (χ1n) is 5.60. The Morgan fingerprint density at radius 3 is 3.00 bits per heavy atom. The van der Waals surface area contributed by atoms with Gasteiger partial charge in [-0.3, -0.25) is 9.59 Å². The lowest BCUT2D eigenvalue weighted by Crippen LogP contribution is -2.33. The van der Waals surface area contributed by atoms with E-state index in [0.717, 1.165) is 0 Å². The lowest BCUT2D eigenvalue weighted by molar-refractivity contribution is -0.145. The Bertz CT molecular complexity index is 458. The number of rotatable bonds is 3. The maximum atomic E-state index is 11.9. The second-order valence-corrected chi connectivity index (χ2v) is 4.15. The van der Waals surface area contributed by atoms with Crippen LogP contribution >= 0.6 is 0 Å². The maximum absolute atomic E-state index is 11.9. The molecule has 2 N–H and O–H groups in total. The minimum atomic E-state index is -0.268. The molecule has 0 spiro atoms. The molecule has 0 aliphatic carbocycles. The molecule has 0 saturated carbocycles. The van der Waals surface area contributed by atoms with Crippen molar-refractivity contribution in [2.75, 3.05) is 25.9 Å². The predicted octanol–water partition coefficient (Wildman–Crippen LogP) is -1.12. The summed E-state index contributed by atoms with van der Waals surface area (Å²) >= 11 is 0. The van der Waals surface area contributed by atoms with E-state index in [1.807, 2.05) is 0 Å². The van der Waals surface area contributed by atoms with Gasteiger partial charge in [-0.2, -0.15) is 0 Å². The van der Waals surface area contributed by atoms with Crippen LogP contribution < -0.4 is 5.73 Å². The number of amides is 1. The van der Waals surface area contributed by atoms with Gasteiger partial charge in [0, 0.05) is 13.1 Å². The molecule has 1 aromatic rings. The van der Waals surface area contributed by atoms with E-state index < -0.39 is 0 Å². The highest BCUT2D eigenvalue weighted by Gasteiger charge is 2.31. The van der Waals surface area contributed by atoms with Gasteiger partial charge in [0.15, 0.2) is 0 Å². The predicted molar refractivity (Wildman–Crippen MR) is 61.1 cm³/mol. The molecule has 1 atom stereocenters. The molecule has 0 radical (unpaired) electrons. The number of ether oxygens (including phenoxy) is 1. The van der Waals surface area contributed by atoms with Crippen LogP contribution in [0, 0.1) is 5.92 Å². The van der Waals surface area contributed by atoms with Crippen molar-refractivity contribution in [2.24, 2.45) is 5.92 Å². The fourth-order valence-corrected chi connectivity index (χ4v) is 1.97. The van der Waals surface area contributed by atoms with Crippen LogP contribution in [0.5, 0.6) is 0 Å². The summed E-state index contributed by atoms with van der Waals surface area (Å²) in [5.41, 5.74) is 5.36. The average Bonchev–Trinajstić information content (AvgIpc) is 2.97. The van der Waals surface area contributed by atoms with Crippen LogP contribution in [0.3, 0.4) is 0 Å². The number of esters is 1. The van der Waals surface area contributed by atoms with Crippen molar-refractivity contribution in [2.45, 2.75) is 13.0 Å². The molecule has 1 amide bonds. The van der Waals surface area contributed by atoms with Crippen LogP contribution in [0.4, 0.5) is 5.95 Å². The molecule has 1 fully saturated rings. The third-order valence-corrected chi connectivity index (χ3v) is 2.93. The quantitative estimate of drug-likeness (QED) is 0.684. The molecule has 8 heteroatoms. The van der Waals surface area contributed by atoms with Crippen molar-refractivity contribution < 1.29 is 14.3 Å². The Balaban J connectivity index is 1.89. The van der Waals surface area contributed by atoms with Crippen molar-refractivity contribution >= 4 is 17.8 Å². The highest BCUT2D eigenvalue weighted by Crippen LogP contribution is 2.17. The van der Waals surface area contributed by atoms with Crippen molar-refractivity contribution in [1.82, 2.24) is 19.7 Å². The van der Waals surface area contributed by atoms with E-state index in [2.05, 4.69) is 14.8 Å². The first kappa shape index (κ1) is 12.3. The number of likely N-dealkylation sites (tertiary alicyclic amines) is 1. The van der Waals surface area contributed by atoms with E-state index in [1.165, 1.54) is 18.1 Å². The first-order chi connectivity index (χ1) is 8.60. The molecule has 8 nitrogen and oxygen atoms in total. The molecular formula is C10H15N5O3. The molecule has 0 bridgehead atoms. The Hall–Kier alpha value is -2.12. The summed E-state index contributed by atoms with van der Waals surface area (Å²) in [6.07, 6.45) is 2.04. The fourth-order valence-electron chi connectivity index (χ4n) is 1.97. The number of hydrogen-bond acceptors (Lipinski definition) is 6. The van der Waals surface area contributed by atoms with E-state index >= 15 is 0 Å². The molecular weight excluding hydrogens is 238 g/mol. The molecule has 1 aliphatic heterocycles. The van der Waals surface area contributed by atoms with E-state index in [1.54, 1.807) is 4.90 Å². The smallest absolute Gasteiger partial charge is 0.310 e. The highest BCUT2D eigenvalue weighted by molar-refractivity contribution is 5.79. The molecule has 1 saturated heterocycles. The summed E-state index contributed by atoms with van der Waals surface area (Å²) in [7, 11) is 1.35. The van der Waals surface area contributed by atoms with Gasteiger partial charge in [0.1, 0.15) is 12.9 Å². The van der Waals surface area contributed by atoms with Gasteiger partial charge in [0.2, 0.25) is 11.9 Å². The van der Waals surface area contributed by atoms with Gasteiger partial charge in [0.25, 0.3) is 0 Å². The van der Waals surface area contributed by atoms with Crippen molar-refractivity contribution in [1.29, 1.82) is 0 Å². The van der Waals surface area contributed by atoms with Crippen molar-refractivity contribution in [3.8, 4) is 0 Å². The second-order valence-electron chi connectivity index (χ2n) is 4.15. The number of methoxy groups -OCH3 is 1. The number of carbonyl (C=O) groups is 2. The van der Waals surface area contributed by atoms with Gasteiger partial charge in [-0.15, -0.1) is 5.10 Å². The Morgan fingerprint density at radius 2 is 2.39 bits per heavy atom. The third kappa shape index (κ3) is 2.58. The van der Waals surface area contributed by atoms with Crippen molar-refractivity contribution in [3.63, 3.8) is 0 Å². The lowest BCUT2D eigenvalue weighted by atomic mass is 10.1. The SMILES string of the molecule is COC(=O)C1CCN(C(=O)Cn2cnc(N)n2)C1. The summed E-state index contributed by atoms with van der Waals surface area (Å²) in [6.45, 7) is 1.04. The van der Waals surface area contributed by atoms with Gasteiger partial charge in [0.05, 0.1) is 13.0 Å². The fraction of sp³-hybridized carbons (Fsp3) is 0.600. The summed E-state index contributed by atoms with van der Waals surface area (Å²) in [5, 5.41) is 3.84. The van der Waals surface area contributed by atoms with Gasteiger partial charge in [-0.1, -0.05) is 0 Å². The molecule has 1 aromatic heterocycles. The minimum absolute atomic E-state index is 0.0814. The molecule has 18 heavy (non-hydrogen) atoms. The molecule has 2 rings (SSSR count). The number of nitrogens with two attached hydrogens (primary N) is 1. The zero-order chi connectivity index (χ0) is 13.1. The highest BCUT2D eigenvalue weighted by atomic mass is 16.5. The van der Waals surface area contributed by atoms with Gasteiger partial charge in [-0.05, 0) is 6.42 Å². The molecule has 1 unspecified atom stereocenters. The number of carbonyl (C=O) groups excluding carboxylic acids is 2. The normalized spacial score (nSPS) is 18.9. The van der Waals surface area contributed by atoms with Gasteiger partial charge < -0.3 is 15.4 Å². The third-order valence-electron chi connectivity index (χ3n) is 2.93. The molecule has 98 valence electrons. The molecule has 1 aliphatic rings. The minimum Gasteiger partial charge on any atom is -0.469 e. The van der Waals surface area contributed by atoms with E-state index in [4.69, 9.17) is 5.73 Å². The van der Waals surface area contributed by atoms with Crippen LogP contribution in [-0.2, 0) is 20.9 Å². The van der Waals surface area contributed by atoms with Crippen LogP contribution in [0.25, 0.3) is 0 Å². The summed E-state index contributed by atoms with van der Waals surface area (Å²) in [4.78, 5) is 28.6. The Morgan fingerprint density at radius 1 is 1.61 bits per heavy atom. The zero-order valence-electron chi connectivity index (χ0n) is 10.1. The Labute approximate surface area is 104 Å².